The van der Waals surface area contributed by atoms with Crippen molar-refractivity contribution >= 4 is 29.9 Å². The summed E-state index contributed by atoms with van der Waals surface area (Å²) in [7, 11) is 1.78. The highest BCUT2D eigenvalue weighted by molar-refractivity contribution is 14.0. The zero-order chi connectivity index (χ0) is 17.2. The van der Waals surface area contributed by atoms with Gasteiger partial charge in [-0.05, 0) is 43.0 Å². The highest BCUT2D eigenvalue weighted by Gasteiger charge is 2.05. The lowest BCUT2D eigenvalue weighted by Crippen LogP contribution is -2.42. The van der Waals surface area contributed by atoms with E-state index in [0.717, 1.165) is 24.4 Å². The SMILES string of the molecule is CN=C(NCc1ccc(C#N)cc1)NC(C)CCc1ccccc1.I. The smallest absolute Gasteiger partial charge is 0.191 e. The van der Waals surface area contributed by atoms with Gasteiger partial charge < -0.3 is 10.6 Å². The molecule has 0 heterocycles. The van der Waals surface area contributed by atoms with Gasteiger partial charge in [0.1, 0.15) is 0 Å². The Bertz CT molecular complexity index is 690. The fraction of sp³-hybridized carbons (Fsp3) is 0.300. The van der Waals surface area contributed by atoms with Crippen LogP contribution in [0.3, 0.4) is 0 Å². The number of rotatable bonds is 6. The van der Waals surface area contributed by atoms with E-state index in [1.54, 1.807) is 7.05 Å². The van der Waals surface area contributed by atoms with Gasteiger partial charge in [0.25, 0.3) is 0 Å². The van der Waals surface area contributed by atoms with Crippen LogP contribution >= 0.6 is 24.0 Å². The summed E-state index contributed by atoms with van der Waals surface area (Å²) in [5, 5.41) is 15.5. The highest BCUT2D eigenvalue weighted by atomic mass is 127. The molecule has 0 saturated heterocycles. The Labute approximate surface area is 167 Å². The topological polar surface area (TPSA) is 60.2 Å². The van der Waals surface area contributed by atoms with Crippen LogP contribution in [0.25, 0.3) is 0 Å². The Morgan fingerprint density at radius 3 is 2.36 bits per heavy atom. The number of nitrogens with one attached hydrogen (secondary N) is 2. The third-order valence-corrected chi connectivity index (χ3v) is 3.86. The van der Waals surface area contributed by atoms with Crippen LogP contribution < -0.4 is 10.6 Å². The van der Waals surface area contributed by atoms with Gasteiger partial charge in [-0.1, -0.05) is 42.5 Å². The Morgan fingerprint density at radius 2 is 1.76 bits per heavy atom. The van der Waals surface area contributed by atoms with Crippen LogP contribution in [-0.4, -0.2) is 19.0 Å². The maximum Gasteiger partial charge on any atom is 0.191 e. The summed E-state index contributed by atoms with van der Waals surface area (Å²) in [5.41, 5.74) is 3.15. The van der Waals surface area contributed by atoms with E-state index in [1.165, 1.54) is 5.56 Å². The van der Waals surface area contributed by atoms with Crippen LogP contribution in [0.4, 0.5) is 0 Å². The molecule has 0 aliphatic heterocycles. The van der Waals surface area contributed by atoms with Gasteiger partial charge in [0.05, 0.1) is 11.6 Å². The third-order valence-electron chi connectivity index (χ3n) is 3.86. The first-order chi connectivity index (χ1) is 11.7. The van der Waals surface area contributed by atoms with Gasteiger partial charge in [-0.3, -0.25) is 4.99 Å². The predicted octanol–water partition coefficient (Wildman–Crippen LogP) is 3.86. The summed E-state index contributed by atoms with van der Waals surface area (Å²) in [5.74, 6) is 0.792. The van der Waals surface area contributed by atoms with Crippen molar-refractivity contribution in [1.82, 2.24) is 10.6 Å². The minimum Gasteiger partial charge on any atom is -0.354 e. The fourth-order valence-electron chi connectivity index (χ4n) is 2.41. The number of aryl methyl sites for hydroxylation is 1. The van der Waals surface area contributed by atoms with Crippen molar-refractivity contribution in [2.45, 2.75) is 32.4 Å². The monoisotopic (exact) mass is 448 g/mol. The molecule has 5 heteroatoms. The quantitative estimate of drug-likeness (QED) is 0.401. The molecule has 2 rings (SSSR count). The number of hydrogen-bond donors (Lipinski definition) is 2. The number of aliphatic imine (C=N–C) groups is 1. The lowest BCUT2D eigenvalue weighted by Gasteiger charge is -2.18. The molecule has 132 valence electrons. The summed E-state index contributed by atoms with van der Waals surface area (Å²) in [6.07, 6.45) is 2.09. The van der Waals surface area contributed by atoms with E-state index in [4.69, 9.17) is 5.26 Å². The second-order valence-corrected chi connectivity index (χ2v) is 5.80. The Balaban J connectivity index is 0.00000312. The number of benzene rings is 2. The molecule has 1 atom stereocenters. The summed E-state index contributed by atoms with van der Waals surface area (Å²) in [6.45, 7) is 2.84. The largest absolute Gasteiger partial charge is 0.354 e. The Hall–Kier alpha value is -2.07. The molecule has 2 N–H and O–H groups in total. The Morgan fingerprint density at radius 1 is 1.08 bits per heavy atom. The minimum atomic E-state index is 0. The second-order valence-electron chi connectivity index (χ2n) is 5.80. The molecule has 0 spiro atoms. The molecule has 2 aromatic rings. The Kier molecular flexibility index (Phi) is 9.63. The predicted molar refractivity (Wildman–Crippen MR) is 114 cm³/mol. The molecule has 0 fully saturated rings. The zero-order valence-electron chi connectivity index (χ0n) is 14.7. The first-order valence-corrected chi connectivity index (χ1v) is 8.21. The van der Waals surface area contributed by atoms with Crippen LogP contribution in [0.15, 0.2) is 59.6 Å². The van der Waals surface area contributed by atoms with Crippen LogP contribution in [0.1, 0.15) is 30.0 Å². The van der Waals surface area contributed by atoms with E-state index in [2.05, 4.69) is 52.9 Å². The molecule has 0 saturated carbocycles. The molecule has 0 aliphatic rings. The van der Waals surface area contributed by atoms with E-state index in [-0.39, 0.29) is 24.0 Å². The molecule has 0 aliphatic carbocycles. The summed E-state index contributed by atoms with van der Waals surface area (Å²) < 4.78 is 0. The molecule has 0 amide bonds. The fourth-order valence-corrected chi connectivity index (χ4v) is 2.41. The van der Waals surface area contributed by atoms with Crippen LogP contribution in [0, 0.1) is 11.3 Å². The van der Waals surface area contributed by atoms with Gasteiger partial charge in [0.2, 0.25) is 0 Å². The number of guanidine groups is 1. The average Bonchev–Trinajstić information content (AvgIpc) is 2.64. The number of nitriles is 1. The molecule has 4 nitrogen and oxygen atoms in total. The first kappa shape index (κ1) is 21.0. The molecule has 1 unspecified atom stereocenters. The average molecular weight is 448 g/mol. The molecule has 0 radical (unpaired) electrons. The van der Waals surface area contributed by atoms with Crippen molar-refractivity contribution in [3.8, 4) is 6.07 Å². The van der Waals surface area contributed by atoms with E-state index in [1.807, 2.05) is 30.3 Å². The standard InChI is InChI=1S/C20H24N4.HI/c1-16(8-9-17-6-4-3-5-7-17)24-20(22-2)23-15-19-12-10-18(14-21)11-13-19;/h3-7,10-13,16H,8-9,15H2,1-2H3,(H2,22,23,24);1H. The molecule has 2 aromatic carbocycles. The summed E-state index contributed by atoms with van der Waals surface area (Å²) in [6, 6.07) is 20.5. The van der Waals surface area contributed by atoms with Crippen molar-refractivity contribution in [1.29, 1.82) is 5.26 Å². The summed E-state index contributed by atoms with van der Waals surface area (Å²) >= 11 is 0. The van der Waals surface area contributed by atoms with E-state index < -0.39 is 0 Å². The van der Waals surface area contributed by atoms with Gasteiger partial charge in [0.15, 0.2) is 5.96 Å². The number of halogens is 1. The van der Waals surface area contributed by atoms with Crippen molar-refractivity contribution in [2.75, 3.05) is 7.05 Å². The van der Waals surface area contributed by atoms with Gasteiger partial charge in [-0.2, -0.15) is 5.26 Å². The zero-order valence-corrected chi connectivity index (χ0v) is 17.0. The molecule has 0 bridgehead atoms. The van der Waals surface area contributed by atoms with Crippen LogP contribution in [0.5, 0.6) is 0 Å². The molecular weight excluding hydrogens is 423 g/mol. The van der Waals surface area contributed by atoms with Crippen LogP contribution in [-0.2, 0) is 13.0 Å². The lowest BCUT2D eigenvalue weighted by atomic mass is 10.1. The summed E-state index contributed by atoms with van der Waals surface area (Å²) in [4.78, 5) is 4.27. The molecule has 0 aromatic heterocycles. The maximum absolute atomic E-state index is 8.82. The normalized spacial score (nSPS) is 11.8. The number of hydrogen-bond acceptors (Lipinski definition) is 2. The first-order valence-electron chi connectivity index (χ1n) is 8.21. The molecule has 25 heavy (non-hydrogen) atoms. The highest BCUT2D eigenvalue weighted by Crippen LogP contribution is 2.05. The molecular formula is C20H25IN4. The van der Waals surface area contributed by atoms with Gasteiger partial charge in [0, 0.05) is 19.6 Å². The van der Waals surface area contributed by atoms with Gasteiger partial charge >= 0.3 is 0 Å². The van der Waals surface area contributed by atoms with Crippen LogP contribution in [0.2, 0.25) is 0 Å². The van der Waals surface area contributed by atoms with E-state index >= 15 is 0 Å². The van der Waals surface area contributed by atoms with Gasteiger partial charge in [-0.15, -0.1) is 24.0 Å². The van der Waals surface area contributed by atoms with E-state index in [0.29, 0.717) is 18.2 Å². The lowest BCUT2D eigenvalue weighted by molar-refractivity contribution is 0.593. The second kappa shape index (κ2) is 11.5. The van der Waals surface area contributed by atoms with Crippen molar-refractivity contribution in [3.63, 3.8) is 0 Å². The minimum absolute atomic E-state index is 0. The van der Waals surface area contributed by atoms with Crippen molar-refractivity contribution < 1.29 is 0 Å². The third kappa shape index (κ3) is 7.57. The van der Waals surface area contributed by atoms with Gasteiger partial charge in [-0.25, -0.2) is 0 Å². The van der Waals surface area contributed by atoms with Crippen molar-refractivity contribution in [2.24, 2.45) is 4.99 Å². The van der Waals surface area contributed by atoms with Crippen molar-refractivity contribution in [3.05, 3.63) is 71.3 Å². The van der Waals surface area contributed by atoms with E-state index in [9.17, 15) is 0 Å². The number of nitrogens with zero attached hydrogens (tertiary/aromatic N) is 2. The maximum atomic E-state index is 8.82.